The molecule has 20 heavy (non-hydrogen) atoms. The molecule has 3 unspecified atom stereocenters. The molecule has 3 heteroatoms. The first-order chi connectivity index (χ1) is 9.66. The van der Waals surface area contributed by atoms with Crippen molar-refractivity contribution in [1.82, 2.24) is 4.98 Å². The van der Waals surface area contributed by atoms with Crippen molar-refractivity contribution < 1.29 is 5.11 Å². The van der Waals surface area contributed by atoms with Crippen molar-refractivity contribution in [3.05, 3.63) is 29.8 Å². The number of nitrogens with one attached hydrogen (secondary N) is 1. The van der Waals surface area contributed by atoms with Crippen LogP contribution >= 0.6 is 0 Å². The van der Waals surface area contributed by atoms with E-state index >= 15 is 0 Å². The maximum Gasteiger partial charge on any atom is 0.198 e. The molecule has 1 heterocycles. The standard InChI is InChI=1S/C17H22N2O/c1-11-6-5-9-15(12(11)2)18-10-14-13-7-3-4-8-16(13)19-17(14)20/h3-4,7-8,10-12,15,19-20H,5-6,9H2,1-2H3. The number of H-pyrrole nitrogens is 1. The minimum Gasteiger partial charge on any atom is -0.494 e. The first-order valence-corrected chi connectivity index (χ1v) is 7.49. The molecule has 3 atom stereocenters. The Hall–Kier alpha value is -1.77. The molecule has 0 saturated heterocycles. The van der Waals surface area contributed by atoms with Crippen LogP contribution in [0.5, 0.6) is 5.88 Å². The lowest BCUT2D eigenvalue weighted by atomic mass is 9.78. The molecule has 0 radical (unpaired) electrons. The smallest absolute Gasteiger partial charge is 0.198 e. The lowest BCUT2D eigenvalue weighted by Crippen LogP contribution is -2.27. The average Bonchev–Trinajstić information content (AvgIpc) is 2.76. The summed E-state index contributed by atoms with van der Waals surface area (Å²) < 4.78 is 0. The maximum absolute atomic E-state index is 10.0. The third kappa shape index (κ3) is 2.33. The van der Waals surface area contributed by atoms with Crippen molar-refractivity contribution in [3.8, 4) is 5.88 Å². The van der Waals surface area contributed by atoms with E-state index in [1.165, 1.54) is 12.8 Å². The SMILES string of the molecule is CC1CCCC(N=Cc2c(O)[nH]c3ccccc23)C1C. The van der Waals surface area contributed by atoms with Crippen LogP contribution in [-0.4, -0.2) is 22.3 Å². The van der Waals surface area contributed by atoms with Gasteiger partial charge in [0.1, 0.15) is 0 Å². The first kappa shape index (κ1) is 13.2. The summed E-state index contributed by atoms with van der Waals surface area (Å²) in [6.07, 6.45) is 5.58. The normalized spacial score (nSPS) is 27.4. The Kier molecular flexibility index (Phi) is 3.51. The number of aromatic hydroxyl groups is 1. The van der Waals surface area contributed by atoms with Crippen LogP contribution in [-0.2, 0) is 0 Å². The lowest BCUT2D eigenvalue weighted by molar-refractivity contribution is 0.242. The zero-order valence-corrected chi connectivity index (χ0v) is 12.1. The monoisotopic (exact) mass is 270 g/mol. The minimum atomic E-state index is 0.214. The highest BCUT2D eigenvalue weighted by molar-refractivity contribution is 6.01. The zero-order valence-electron chi connectivity index (χ0n) is 12.1. The van der Waals surface area contributed by atoms with Gasteiger partial charge in [-0.05, 0) is 24.3 Å². The van der Waals surface area contributed by atoms with Gasteiger partial charge in [0.05, 0.1) is 11.6 Å². The van der Waals surface area contributed by atoms with Crippen LogP contribution in [0.3, 0.4) is 0 Å². The van der Waals surface area contributed by atoms with Gasteiger partial charge in [0.2, 0.25) is 0 Å². The molecule has 0 aliphatic heterocycles. The lowest BCUT2D eigenvalue weighted by Gasteiger charge is -2.31. The van der Waals surface area contributed by atoms with Gasteiger partial charge >= 0.3 is 0 Å². The van der Waals surface area contributed by atoms with Crippen molar-refractivity contribution in [2.75, 3.05) is 0 Å². The molecule has 1 aliphatic carbocycles. The number of rotatable bonds is 2. The van der Waals surface area contributed by atoms with Crippen molar-refractivity contribution in [2.45, 2.75) is 39.2 Å². The summed E-state index contributed by atoms with van der Waals surface area (Å²) in [5.41, 5.74) is 1.77. The van der Waals surface area contributed by atoms with Crippen molar-refractivity contribution in [3.63, 3.8) is 0 Å². The van der Waals surface area contributed by atoms with Gasteiger partial charge in [-0.15, -0.1) is 0 Å². The van der Waals surface area contributed by atoms with Crippen LogP contribution in [0.25, 0.3) is 10.9 Å². The highest BCUT2D eigenvalue weighted by Crippen LogP contribution is 2.32. The molecule has 1 aromatic carbocycles. The summed E-state index contributed by atoms with van der Waals surface area (Å²) in [7, 11) is 0. The summed E-state index contributed by atoms with van der Waals surface area (Å²) in [6, 6.07) is 8.31. The Balaban J connectivity index is 1.89. The second-order valence-electron chi connectivity index (χ2n) is 6.05. The molecule has 0 amide bonds. The number of para-hydroxylation sites is 1. The van der Waals surface area contributed by atoms with E-state index in [1.807, 2.05) is 30.5 Å². The molecule has 1 saturated carbocycles. The largest absolute Gasteiger partial charge is 0.494 e. The van der Waals surface area contributed by atoms with Crippen molar-refractivity contribution in [2.24, 2.45) is 16.8 Å². The van der Waals surface area contributed by atoms with Crippen molar-refractivity contribution in [1.29, 1.82) is 0 Å². The molecule has 2 N–H and O–H groups in total. The predicted molar refractivity (Wildman–Crippen MR) is 83.5 cm³/mol. The third-order valence-electron chi connectivity index (χ3n) is 4.78. The highest BCUT2D eigenvalue weighted by atomic mass is 16.3. The highest BCUT2D eigenvalue weighted by Gasteiger charge is 2.26. The molecule has 0 bridgehead atoms. The molecule has 106 valence electrons. The van der Waals surface area contributed by atoms with Crippen LogP contribution < -0.4 is 0 Å². The van der Waals surface area contributed by atoms with E-state index in [-0.39, 0.29) is 5.88 Å². The molecule has 1 fully saturated rings. The van der Waals surface area contributed by atoms with E-state index in [0.29, 0.717) is 12.0 Å². The third-order valence-corrected chi connectivity index (χ3v) is 4.78. The van der Waals surface area contributed by atoms with Crippen LogP contribution in [0, 0.1) is 11.8 Å². The molecular weight excluding hydrogens is 248 g/mol. The van der Waals surface area contributed by atoms with Gasteiger partial charge in [-0.25, -0.2) is 0 Å². The van der Waals surface area contributed by atoms with E-state index in [0.717, 1.165) is 28.8 Å². The fourth-order valence-corrected chi connectivity index (χ4v) is 3.21. The van der Waals surface area contributed by atoms with E-state index in [2.05, 4.69) is 18.8 Å². The minimum absolute atomic E-state index is 0.214. The summed E-state index contributed by atoms with van der Waals surface area (Å²) in [5, 5.41) is 11.1. The molecule has 1 aliphatic rings. The molecular formula is C17H22N2O. The zero-order chi connectivity index (χ0) is 14.1. The Bertz CT molecular complexity index is 629. The Morgan fingerprint density at radius 2 is 2.05 bits per heavy atom. The second-order valence-corrected chi connectivity index (χ2v) is 6.05. The van der Waals surface area contributed by atoms with Gasteiger partial charge in [-0.3, -0.25) is 4.99 Å². The van der Waals surface area contributed by atoms with Gasteiger partial charge in [0.15, 0.2) is 5.88 Å². The molecule has 3 rings (SSSR count). The van der Waals surface area contributed by atoms with Crippen LogP contribution in [0.4, 0.5) is 0 Å². The van der Waals surface area contributed by atoms with Gasteiger partial charge in [0.25, 0.3) is 0 Å². The number of fused-ring (bicyclic) bond motifs is 1. The van der Waals surface area contributed by atoms with Crippen LogP contribution in [0.15, 0.2) is 29.3 Å². The summed E-state index contributed by atoms with van der Waals surface area (Å²) in [6.45, 7) is 4.61. The van der Waals surface area contributed by atoms with Crippen molar-refractivity contribution >= 4 is 17.1 Å². The molecule has 2 aromatic rings. The predicted octanol–water partition coefficient (Wildman–Crippen LogP) is 4.12. The maximum atomic E-state index is 10.0. The fourth-order valence-electron chi connectivity index (χ4n) is 3.21. The fraction of sp³-hybridized carbons (Fsp3) is 0.471. The van der Waals surface area contributed by atoms with Gasteiger partial charge < -0.3 is 10.1 Å². The number of benzene rings is 1. The topological polar surface area (TPSA) is 48.4 Å². The summed E-state index contributed by atoms with van der Waals surface area (Å²) in [4.78, 5) is 7.76. The Morgan fingerprint density at radius 3 is 2.90 bits per heavy atom. The van der Waals surface area contributed by atoms with Crippen LogP contribution in [0.1, 0.15) is 38.7 Å². The van der Waals surface area contributed by atoms with E-state index < -0.39 is 0 Å². The number of hydrogen-bond donors (Lipinski definition) is 2. The van der Waals surface area contributed by atoms with E-state index in [4.69, 9.17) is 4.99 Å². The van der Waals surface area contributed by atoms with E-state index in [1.54, 1.807) is 0 Å². The number of aliphatic imine (C=N–C) groups is 1. The molecule has 3 nitrogen and oxygen atoms in total. The van der Waals surface area contributed by atoms with E-state index in [9.17, 15) is 5.11 Å². The molecule has 1 aromatic heterocycles. The summed E-state index contributed by atoms with van der Waals surface area (Å²) in [5.74, 6) is 1.57. The number of aromatic amines is 1. The quantitative estimate of drug-likeness (QED) is 0.792. The molecule has 0 spiro atoms. The first-order valence-electron chi connectivity index (χ1n) is 7.49. The van der Waals surface area contributed by atoms with Gasteiger partial charge in [-0.1, -0.05) is 44.9 Å². The second kappa shape index (κ2) is 5.31. The Labute approximate surface area is 119 Å². The number of aromatic nitrogens is 1. The number of nitrogens with zero attached hydrogens (tertiary/aromatic N) is 1. The summed E-state index contributed by atoms with van der Waals surface area (Å²) >= 11 is 0. The van der Waals surface area contributed by atoms with Gasteiger partial charge in [-0.2, -0.15) is 0 Å². The van der Waals surface area contributed by atoms with Crippen LogP contribution in [0.2, 0.25) is 0 Å². The Morgan fingerprint density at radius 1 is 1.25 bits per heavy atom. The van der Waals surface area contributed by atoms with Gasteiger partial charge in [0, 0.05) is 17.1 Å². The average molecular weight is 270 g/mol. The number of hydrogen-bond acceptors (Lipinski definition) is 2.